The number of H-pyrrole nitrogens is 1. The van der Waals surface area contributed by atoms with Gasteiger partial charge < -0.3 is 4.98 Å². The number of hydrogen-bond acceptors (Lipinski definition) is 0. The molecule has 3 aromatic rings. The molecular weight excluding hydrogens is 230 g/mol. The second-order valence-corrected chi connectivity index (χ2v) is 5.38. The number of nitrogens with one attached hydrogen (secondary N) is 1. The Morgan fingerprint density at radius 3 is 2.53 bits per heavy atom. The van der Waals surface area contributed by atoms with E-state index >= 15 is 0 Å². The lowest BCUT2D eigenvalue weighted by molar-refractivity contribution is 0.765. The van der Waals surface area contributed by atoms with Crippen molar-refractivity contribution in [3.05, 3.63) is 71.4 Å². The van der Waals surface area contributed by atoms with Crippen LogP contribution in [-0.2, 0) is 6.42 Å². The van der Waals surface area contributed by atoms with Gasteiger partial charge in [0.1, 0.15) is 0 Å². The first-order chi connectivity index (χ1) is 9.24. The van der Waals surface area contributed by atoms with Gasteiger partial charge in [0.05, 0.1) is 0 Å². The Balaban J connectivity index is 1.87. The Morgan fingerprint density at radius 2 is 1.74 bits per heavy atom. The van der Waals surface area contributed by atoms with Crippen LogP contribution in [0.3, 0.4) is 0 Å². The summed E-state index contributed by atoms with van der Waals surface area (Å²) in [5.41, 5.74) is 5.37. The average Bonchev–Trinajstić information content (AvgIpc) is 2.85. The van der Waals surface area contributed by atoms with Gasteiger partial charge in [-0.1, -0.05) is 55.0 Å². The number of benzene rings is 2. The first-order valence-electron chi connectivity index (χ1n) is 6.85. The van der Waals surface area contributed by atoms with Crippen molar-refractivity contribution >= 4 is 10.9 Å². The zero-order chi connectivity index (χ0) is 13.2. The Morgan fingerprint density at radius 1 is 1.00 bits per heavy atom. The van der Waals surface area contributed by atoms with Crippen LogP contribution in [0.25, 0.3) is 10.9 Å². The minimum absolute atomic E-state index is 0.527. The summed E-state index contributed by atoms with van der Waals surface area (Å²) in [6.07, 6.45) is 3.24. The van der Waals surface area contributed by atoms with Gasteiger partial charge in [-0.3, -0.25) is 0 Å². The van der Waals surface area contributed by atoms with Crippen LogP contribution in [0, 0.1) is 6.92 Å². The van der Waals surface area contributed by atoms with Crippen LogP contribution in [0.4, 0.5) is 0 Å². The van der Waals surface area contributed by atoms with E-state index in [1.165, 1.54) is 27.6 Å². The van der Waals surface area contributed by atoms with Crippen molar-refractivity contribution in [2.45, 2.75) is 26.2 Å². The fourth-order valence-electron chi connectivity index (χ4n) is 2.69. The molecule has 0 aliphatic heterocycles. The quantitative estimate of drug-likeness (QED) is 0.684. The lowest BCUT2D eigenvalue weighted by Gasteiger charge is -2.11. The number of hydrogen-bond donors (Lipinski definition) is 1. The molecule has 3 rings (SSSR count). The van der Waals surface area contributed by atoms with Crippen LogP contribution in [0.15, 0.2) is 54.7 Å². The maximum atomic E-state index is 3.36. The molecule has 1 nitrogen and oxygen atoms in total. The van der Waals surface area contributed by atoms with Gasteiger partial charge in [0.2, 0.25) is 0 Å². The highest BCUT2D eigenvalue weighted by molar-refractivity contribution is 5.83. The largest absolute Gasteiger partial charge is 0.361 e. The average molecular weight is 249 g/mol. The molecule has 0 saturated heterocycles. The summed E-state index contributed by atoms with van der Waals surface area (Å²) in [5, 5.41) is 1.35. The Hall–Kier alpha value is -2.02. The molecule has 0 spiro atoms. The van der Waals surface area contributed by atoms with Gasteiger partial charge in [0, 0.05) is 17.1 Å². The molecule has 96 valence electrons. The highest BCUT2D eigenvalue weighted by Gasteiger charge is 2.11. The van der Waals surface area contributed by atoms with Crippen LogP contribution in [0.1, 0.15) is 29.5 Å². The van der Waals surface area contributed by atoms with Crippen molar-refractivity contribution in [2.24, 2.45) is 0 Å². The Labute approximate surface area is 114 Å². The fourth-order valence-corrected chi connectivity index (χ4v) is 2.69. The molecule has 1 aromatic heterocycles. The molecule has 1 unspecified atom stereocenters. The molecule has 0 aliphatic rings. The van der Waals surface area contributed by atoms with E-state index in [9.17, 15) is 0 Å². The molecule has 0 aliphatic carbocycles. The monoisotopic (exact) mass is 249 g/mol. The van der Waals surface area contributed by atoms with E-state index in [-0.39, 0.29) is 0 Å². The van der Waals surface area contributed by atoms with E-state index in [0.29, 0.717) is 5.92 Å². The SMILES string of the molecule is Cc1ccc(CC(C)c2c[nH]c3ccccc23)cc1. The second-order valence-electron chi connectivity index (χ2n) is 5.38. The Bertz CT molecular complexity index is 676. The summed E-state index contributed by atoms with van der Waals surface area (Å²) in [6.45, 7) is 4.43. The van der Waals surface area contributed by atoms with Gasteiger partial charge in [0.25, 0.3) is 0 Å². The van der Waals surface area contributed by atoms with Crippen molar-refractivity contribution in [2.75, 3.05) is 0 Å². The summed E-state index contributed by atoms with van der Waals surface area (Å²) in [4.78, 5) is 3.36. The number of aromatic nitrogens is 1. The predicted octanol–water partition coefficient (Wildman–Crippen LogP) is 4.82. The standard InChI is InChI=1S/C18H19N/c1-13-7-9-15(10-8-13)11-14(2)17-12-19-18-6-4-3-5-16(17)18/h3-10,12,14,19H,11H2,1-2H3. The summed E-state index contributed by atoms with van der Waals surface area (Å²) < 4.78 is 0. The summed E-state index contributed by atoms with van der Waals surface area (Å²) >= 11 is 0. The van der Waals surface area contributed by atoms with E-state index in [2.05, 4.69) is 73.6 Å². The van der Waals surface area contributed by atoms with E-state index in [1.807, 2.05) is 0 Å². The molecule has 0 fully saturated rings. The lowest BCUT2D eigenvalue weighted by atomic mass is 9.93. The third-order valence-electron chi connectivity index (χ3n) is 3.81. The van der Waals surface area contributed by atoms with E-state index < -0.39 is 0 Å². The zero-order valence-electron chi connectivity index (χ0n) is 11.5. The molecule has 1 atom stereocenters. The molecule has 19 heavy (non-hydrogen) atoms. The lowest BCUT2D eigenvalue weighted by Crippen LogP contribution is -1.97. The first-order valence-corrected chi connectivity index (χ1v) is 6.85. The fraction of sp³-hybridized carbons (Fsp3) is 0.222. The maximum absolute atomic E-state index is 3.36. The molecular formula is C18H19N. The smallest absolute Gasteiger partial charge is 0.0456 e. The molecule has 2 aromatic carbocycles. The molecule has 1 heteroatoms. The van der Waals surface area contributed by atoms with Crippen molar-refractivity contribution in [1.29, 1.82) is 0 Å². The topological polar surface area (TPSA) is 15.8 Å². The minimum atomic E-state index is 0.527. The number of aryl methyl sites for hydroxylation is 1. The third kappa shape index (κ3) is 2.41. The molecule has 0 radical (unpaired) electrons. The summed E-state index contributed by atoms with van der Waals surface area (Å²) in [7, 11) is 0. The van der Waals surface area contributed by atoms with Crippen LogP contribution in [-0.4, -0.2) is 4.98 Å². The number of para-hydroxylation sites is 1. The minimum Gasteiger partial charge on any atom is -0.361 e. The molecule has 1 heterocycles. The van der Waals surface area contributed by atoms with Gasteiger partial charge in [0.15, 0.2) is 0 Å². The van der Waals surface area contributed by atoms with Crippen molar-refractivity contribution in [1.82, 2.24) is 4.98 Å². The van der Waals surface area contributed by atoms with Crippen LogP contribution in [0.2, 0.25) is 0 Å². The van der Waals surface area contributed by atoms with Crippen molar-refractivity contribution in [3.8, 4) is 0 Å². The Kier molecular flexibility index (Phi) is 3.12. The van der Waals surface area contributed by atoms with Gasteiger partial charge in [-0.25, -0.2) is 0 Å². The van der Waals surface area contributed by atoms with Gasteiger partial charge >= 0.3 is 0 Å². The predicted molar refractivity (Wildman–Crippen MR) is 81.6 cm³/mol. The second kappa shape index (κ2) is 4.93. The molecule has 1 N–H and O–H groups in total. The zero-order valence-corrected chi connectivity index (χ0v) is 11.5. The van der Waals surface area contributed by atoms with Crippen LogP contribution in [0.5, 0.6) is 0 Å². The highest BCUT2D eigenvalue weighted by Crippen LogP contribution is 2.27. The normalized spacial score (nSPS) is 12.7. The van der Waals surface area contributed by atoms with E-state index in [0.717, 1.165) is 6.42 Å². The van der Waals surface area contributed by atoms with Gasteiger partial charge in [-0.2, -0.15) is 0 Å². The third-order valence-corrected chi connectivity index (χ3v) is 3.81. The molecule has 0 amide bonds. The summed E-state index contributed by atoms with van der Waals surface area (Å²) in [5.74, 6) is 0.527. The first kappa shape index (κ1) is 12.0. The highest BCUT2D eigenvalue weighted by atomic mass is 14.7. The molecule has 0 bridgehead atoms. The molecule has 0 saturated carbocycles. The van der Waals surface area contributed by atoms with Gasteiger partial charge in [-0.15, -0.1) is 0 Å². The van der Waals surface area contributed by atoms with Crippen molar-refractivity contribution < 1.29 is 0 Å². The van der Waals surface area contributed by atoms with Crippen molar-refractivity contribution in [3.63, 3.8) is 0 Å². The van der Waals surface area contributed by atoms with Gasteiger partial charge in [-0.05, 0) is 36.5 Å². The van der Waals surface area contributed by atoms with E-state index in [1.54, 1.807) is 0 Å². The van der Waals surface area contributed by atoms with Crippen LogP contribution >= 0.6 is 0 Å². The number of fused-ring (bicyclic) bond motifs is 1. The van der Waals surface area contributed by atoms with E-state index in [4.69, 9.17) is 0 Å². The maximum Gasteiger partial charge on any atom is 0.0456 e. The summed E-state index contributed by atoms with van der Waals surface area (Å²) in [6, 6.07) is 17.4. The number of rotatable bonds is 3. The number of aromatic amines is 1. The van der Waals surface area contributed by atoms with Crippen LogP contribution < -0.4 is 0 Å².